The van der Waals surface area contributed by atoms with Crippen LogP contribution in [0.4, 0.5) is 9.59 Å². The first kappa shape index (κ1) is 23.2. The molecule has 0 aliphatic carbocycles. The Labute approximate surface area is 175 Å². The van der Waals surface area contributed by atoms with Crippen LogP contribution < -0.4 is 5.32 Å². The van der Waals surface area contributed by atoms with Crippen molar-refractivity contribution in [1.29, 1.82) is 0 Å². The van der Waals surface area contributed by atoms with E-state index in [0.717, 1.165) is 4.68 Å². The number of ether oxygens (including phenoxy) is 3. The number of methoxy groups -OCH3 is 1. The van der Waals surface area contributed by atoms with Crippen LogP contribution in [-0.2, 0) is 25.4 Å². The minimum Gasteiger partial charge on any atom is -0.467 e. The van der Waals surface area contributed by atoms with Crippen LogP contribution in [0.5, 0.6) is 0 Å². The maximum atomic E-state index is 12.6. The Balaban J connectivity index is 2.36. The van der Waals surface area contributed by atoms with Gasteiger partial charge in [-0.05, 0) is 47.6 Å². The van der Waals surface area contributed by atoms with Crippen LogP contribution >= 0.6 is 0 Å². The van der Waals surface area contributed by atoms with Crippen molar-refractivity contribution in [1.82, 2.24) is 15.1 Å². The second-order valence-electron chi connectivity index (χ2n) is 8.78. The standard InChI is InChI=1S/C21H29N3O6/c1-20(2,3)29-18(26)22-15(17(25)28-7)12-14-13-10-8-9-11-16(13)24(23-14)19(27)30-21(4,5)6/h8-11,15H,12H2,1-7H3,(H,22,26)/t15-/m0/s1. The molecule has 0 spiro atoms. The van der Waals surface area contributed by atoms with Crippen molar-refractivity contribution in [3.8, 4) is 0 Å². The molecule has 0 radical (unpaired) electrons. The fourth-order valence-electron chi connectivity index (χ4n) is 2.70. The quantitative estimate of drug-likeness (QED) is 0.597. The minimum atomic E-state index is -1.05. The number of amides is 1. The van der Waals surface area contributed by atoms with E-state index in [1.165, 1.54) is 7.11 Å². The van der Waals surface area contributed by atoms with E-state index in [2.05, 4.69) is 10.4 Å². The maximum Gasteiger partial charge on any atom is 0.435 e. The number of esters is 1. The molecule has 2 aromatic rings. The van der Waals surface area contributed by atoms with Crippen LogP contribution in [0.25, 0.3) is 10.9 Å². The average molecular weight is 419 g/mol. The lowest BCUT2D eigenvalue weighted by Crippen LogP contribution is -2.45. The number of carbonyl (C=O) groups is 3. The number of carbonyl (C=O) groups excluding carboxylic acids is 3. The van der Waals surface area contributed by atoms with Gasteiger partial charge in [0.2, 0.25) is 0 Å². The summed E-state index contributed by atoms with van der Waals surface area (Å²) in [7, 11) is 1.23. The van der Waals surface area contributed by atoms with Gasteiger partial charge in [-0.1, -0.05) is 18.2 Å². The third-order valence-electron chi connectivity index (χ3n) is 3.80. The van der Waals surface area contributed by atoms with Crippen molar-refractivity contribution in [3.05, 3.63) is 30.0 Å². The first-order chi connectivity index (χ1) is 13.8. The van der Waals surface area contributed by atoms with Crippen molar-refractivity contribution in [2.24, 2.45) is 0 Å². The predicted octanol–water partition coefficient (Wildman–Crippen LogP) is 3.43. The number of hydrogen-bond acceptors (Lipinski definition) is 7. The number of rotatable bonds is 4. The largest absolute Gasteiger partial charge is 0.467 e. The van der Waals surface area contributed by atoms with Crippen LogP contribution in [0.15, 0.2) is 24.3 Å². The highest BCUT2D eigenvalue weighted by Crippen LogP contribution is 2.21. The van der Waals surface area contributed by atoms with Gasteiger partial charge in [-0.25, -0.2) is 14.4 Å². The van der Waals surface area contributed by atoms with Gasteiger partial charge >= 0.3 is 18.2 Å². The molecule has 164 valence electrons. The highest BCUT2D eigenvalue weighted by atomic mass is 16.6. The molecule has 1 heterocycles. The average Bonchev–Trinajstić information content (AvgIpc) is 2.96. The van der Waals surface area contributed by atoms with E-state index in [-0.39, 0.29) is 6.42 Å². The number of para-hydroxylation sites is 1. The van der Waals surface area contributed by atoms with Crippen LogP contribution in [0.2, 0.25) is 0 Å². The SMILES string of the molecule is COC(=O)[C@H](Cc1nn(C(=O)OC(C)(C)C)c2ccccc12)NC(=O)OC(C)(C)C. The summed E-state index contributed by atoms with van der Waals surface area (Å²) in [5.41, 5.74) is -0.460. The lowest BCUT2D eigenvalue weighted by molar-refractivity contribution is -0.143. The summed E-state index contributed by atoms with van der Waals surface area (Å²) < 4.78 is 16.6. The molecule has 1 N–H and O–H groups in total. The van der Waals surface area contributed by atoms with Gasteiger partial charge in [0, 0.05) is 11.8 Å². The topological polar surface area (TPSA) is 109 Å². The van der Waals surface area contributed by atoms with E-state index in [4.69, 9.17) is 14.2 Å². The summed E-state index contributed by atoms with van der Waals surface area (Å²) in [5, 5.41) is 7.52. The summed E-state index contributed by atoms with van der Waals surface area (Å²) in [4.78, 5) is 37.0. The molecular weight excluding hydrogens is 390 g/mol. The van der Waals surface area contributed by atoms with Crippen LogP contribution in [0, 0.1) is 0 Å². The van der Waals surface area contributed by atoms with Crippen LogP contribution in [0.3, 0.4) is 0 Å². The van der Waals surface area contributed by atoms with E-state index in [9.17, 15) is 14.4 Å². The van der Waals surface area contributed by atoms with Crippen molar-refractivity contribution < 1.29 is 28.6 Å². The number of aromatic nitrogens is 2. The highest BCUT2D eigenvalue weighted by molar-refractivity contribution is 5.90. The molecule has 1 aromatic carbocycles. The molecule has 1 atom stereocenters. The second-order valence-corrected chi connectivity index (χ2v) is 8.78. The lowest BCUT2D eigenvalue weighted by atomic mass is 10.1. The van der Waals surface area contributed by atoms with Crippen LogP contribution in [-0.4, -0.2) is 52.3 Å². The smallest absolute Gasteiger partial charge is 0.435 e. The van der Waals surface area contributed by atoms with Gasteiger partial charge in [-0.2, -0.15) is 9.78 Å². The van der Waals surface area contributed by atoms with Crippen molar-refractivity contribution in [2.75, 3.05) is 7.11 Å². The highest BCUT2D eigenvalue weighted by Gasteiger charge is 2.28. The molecule has 0 saturated carbocycles. The van der Waals surface area contributed by atoms with Gasteiger partial charge in [0.15, 0.2) is 0 Å². The summed E-state index contributed by atoms with van der Waals surface area (Å²) in [5.74, 6) is -0.656. The van der Waals surface area contributed by atoms with Gasteiger partial charge in [0.1, 0.15) is 17.2 Å². The molecule has 2 rings (SSSR count). The predicted molar refractivity (Wildman–Crippen MR) is 110 cm³/mol. The normalized spacial score (nSPS) is 12.9. The Morgan fingerprint density at radius 3 is 2.20 bits per heavy atom. The van der Waals surface area contributed by atoms with Crippen LogP contribution in [0.1, 0.15) is 47.2 Å². The zero-order valence-electron chi connectivity index (χ0n) is 18.4. The Bertz CT molecular complexity index is 936. The third kappa shape index (κ3) is 6.20. The minimum absolute atomic E-state index is 0.00221. The molecule has 0 saturated heterocycles. The van der Waals surface area contributed by atoms with E-state index in [1.54, 1.807) is 65.8 Å². The number of alkyl carbamates (subject to hydrolysis) is 1. The number of nitrogens with zero attached hydrogens (tertiary/aromatic N) is 2. The zero-order valence-corrected chi connectivity index (χ0v) is 18.4. The number of benzene rings is 1. The van der Waals surface area contributed by atoms with E-state index in [0.29, 0.717) is 16.6 Å². The monoisotopic (exact) mass is 419 g/mol. The van der Waals surface area contributed by atoms with E-state index < -0.39 is 35.4 Å². The Morgan fingerprint density at radius 2 is 1.63 bits per heavy atom. The summed E-state index contributed by atoms with van der Waals surface area (Å²) in [6, 6.07) is 6.02. The fourth-order valence-corrected chi connectivity index (χ4v) is 2.70. The molecule has 0 aliphatic rings. The molecule has 1 aromatic heterocycles. The molecule has 9 nitrogen and oxygen atoms in total. The summed E-state index contributed by atoms with van der Waals surface area (Å²) in [6.07, 6.45) is -1.39. The fraction of sp³-hybridized carbons (Fsp3) is 0.524. The Morgan fingerprint density at radius 1 is 1.03 bits per heavy atom. The first-order valence-corrected chi connectivity index (χ1v) is 9.58. The molecule has 0 fully saturated rings. The van der Waals surface area contributed by atoms with Gasteiger partial charge in [0.05, 0.1) is 18.3 Å². The third-order valence-corrected chi connectivity index (χ3v) is 3.80. The Kier molecular flexibility index (Phi) is 6.74. The summed E-state index contributed by atoms with van der Waals surface area (Å²) >= 11 is 0. The molecule has 0 bridgehead atoms. The molecule has 0 unspecified atom stereocenters. The van der Waals surface area contributed by atoms with Gasteiger partial charge in [0.25, 0.3) is 0 Å². The van der Waals surface area contributed by atoms with Crippen molar-refractivity contribution in [2.45, 2.75) is 65.2 Å². The van der Waals surface area contributed by atoms with Crippen molar-refractivity contribution in [3.63, 3.8) is 0 Å². The zero-order chi connectivity index (χ0) is 22.7. The Hall–Kier alpha value is -3.10. The van der Waals surface area contributed by atoms with Gasteiger partial charge in [-0.3, -0.25) is 0 Å². The van der Waals surface area contributed by atoms with Crippen molar-refractivity contribution >= 4 is 29.1 Å². The molecule has 0 aliphatic heterocycles. The molecule has 9 heteroatoms. The maximum absolute atomic E-state index is 12.6. The summed E-state index contributed by atoms with van der Waals surface area (Å²) in [6.45, 7) is 10.4. The number of hydrogen-bond donors (Lipinski definition) is 1. The lowest BCUT2D eigenvalue weighted by Gasteiger charge is -2.22. The van der Waals surface area contributed by atoms with E-state index >= 15 is 0 Å². The molecule has 1 amide bonds. The van der Waals surface area contributed by atoms with Gasteiger partial charge in [-0.15, -0.1) is 0 Å². The van der Waals surface area contributed by atoms with E-state index in [1.807, 2.05) is 0 Å². The molecule has 30 heavy (non-hydrogen) atoms. The molecular formula is C21H29N3O6. The second kappa shape index (κ2) is 8.73. The number of fused-ring (bicyclic) bond motifs is 1. The first-order valence-electron chi connectivity index (χ1n) is 9.58. The number of nitrogens with one attached hydrogen (secondary N) is 1. The van der Waals surface area contributed by atoms with Gasteiger partial charge < -0.3 is 19.5 Å².